The van der Waals surface area contributed by atoms with Crippen molar-refractivity contribution in [3.8, 4) is 11.4 Å². The minimum atomic E-state index is 0.560. The molecule has 2 heterocycles. The molecule has 4 heteroatoms. The molecule has 16 heavy (non-hydrogen) atoms. The normalized spacial score (nSPS) is 13.0. The molecule has 0 amide bonds. The Balaban J connectivity index is 2.21. The van der Waals surface area contributed by atoms with Crippen molar-refractivity contribution in [2.75, 3.05) is 0 Å². The van der Waals surface area contributed by atoms with Crippen molar-refractivity contribution in [2.24, 2.45) is 0 Å². The SMILES string of the molecule is Cc1c(C(C)C)ccc2c1Cn1nnnc1-2. The van der Waals surface area contributed by atoms with Crippen molar-refractivity contribution in [1.29, 1.82) is 0 Å². The zero-order valence-electron chi connectivity index (χ0n) is 9.73. The molecule has 1 aliphatic heterocycles. The maximum Gasteiger partial charge on any atom is 0.182 e. The molecule has 1 aromatic carbocycles. The summed E-state index contributed by atoms with van der Waals surface area (Å²) in [7, 11) is 0. The molecule has 3 rings (SSSR count). The summed E-state index contributed by atoms with van der Waals surface area (Å²) in [4.78, 5) is 0. The monoisotopic (exact) mass is 214 g/mol. The smallest absolute Gasteiger partial charge is 0.182 e. The Morgan fingerprint density at radius 2 is 2.12 bits per heavy atom. The number of tetrazole rings is 1. The van der Waals surface area contributed by atoms with E-state index < -0.39 is 0 Å². The van der Waals surface area contributed by atoms with Gasteiger partial charge in [0.15, 0.2) is 5.82 Å². The van der Waals surface area contributed by atoms with Crippen molar-refractivity contribution < 1.29 is 0 Å². The molecule has 1 aromatic heterocycles. The molecular formula is C12H14N4. The number of fused-ring (bicyclic) bond motifs is 3. The van der Waals surface area contributed by atoms with Gasteiger partial charge in [-0.3, -0.25) is 0 Å². The van der Waals surface area contributed by atoms with E-state index in [0.717, 1.165) is 12.4 Å². The molecule has 0 aliphatic carbocycles. The Morgan fingerprint density at radius 3 is 2.88 bits per heavy atom. The van der Waals surface area contributed by atoms with Crippen molar-refractivity contribution in [1.82, 2.24) is 20.2 Å². The van der Waals surface area contributed by atoms with Crippen LogP contribution >= 0.6 is 0 Å². The molecule has 0 N–H and O–H groups in total. The van der Waals surface area contributed by atoms with Gasteiger partial charge in [0, 0.05) is 5.56 Å². The van der Waals surface area contributed by atoms with Crippen molar-refractivity contribution >= 4 is 0 Å². The van der Waals surface area contributed by atoms with Crippen LogP contribution in [-0.4, -0.2) is 20.2 Å². The lowest BCUT2D eigenvalue weighted by Crippen LogP contribution is -2.00. The fraction of sp³-hybridized carbons (Fsp3) is 0.417. The van der Waals surface area contributed by atoms with Gasteiger partial charge in [-0.1, -0.05) is 26.0 Å². The summed E-state index contributed by atoms with van der Waals surface area (Å²) in [5.41, 5.74) is 5.33. The van der Waals surface area contributed by atoms with Gasteiger partial charge in [-0.25, -0.2) is 4.68 Å². The van der Waals surface area contributed by atoms with Gasteiger partial charge in [0.05, 0.1) is 6.54 Å². The first-order chi connectivity index (χ1) is 7.68. The molecule has 0 fully saturated rings. The molecule has 0 radical (unpaired) electrons. The van der Waals surface area contributed by atoms with Crippen molar-refractivity contribution in [3.63, 3.8) is 0 Å². The zero-order valence-corrected chi connectivity index (χ0v) is 9.73. The Bertz CT molecular complexity index is 554. The second kappa shape index (κ2) is 3.14. The molecule has 0 bridgehead atoms. The summed E-state index contributed by atoms with van der Waals surface area (Å²) < 4.78 is 1.86. The molecule has 0 saturated carbocycles. The number of nitrogens with zero attached hydrogens (tertiary/aromatic N) is 4. The molecule has 1 aliphatic rings. The van der Waals surface area contributed by atoms with E-state index in [0.29, 0.717) is 5.92 Å². The summed E-state index contributed by atoms with van der Waals surface area (Å²) in [5, 5.41) is 11.7. The van der Waals surface area contributed by atoms with Gasteiger partial charge >= 0.3 is 0 Å². The first kappa shape index (κ1) is 9.51. The van der Waals surface area contributed by atoms with Crippen LogP contribution in [0.2, 0.25) is 0 Å². The van der Waals surface area contributed by atoms with Crippen LogP contribution in [0.3, 0.4) is 0 Å². The summed E-state index contributed by atoms with van der Waals surface area (Å²) in [6.07, 6.45) is 0. The van der Waals surface area contributed by atoms with E-state index in [1.165, 1.54) is 22.3 Å². The van der Waals surface area contributed by atoms with Crippen molar-refractivity contribution in [2.45, 2.75) is 33.2 Å². The van der Waals surface area contributed by atoms with Gasteiger partial charge in [0.25, 0.3) is 0 Å². The van der Waals surface area contributed by atoms with Gasteiger partial charge < -0.3 is 0 Å². The Hall–Kier alpha value is -1.71. The van der Waals surface area contributed by atoms with Gasteiger partial charge in [0.2, 0.25) is 0 Å². The van der Waals surface area contributed by atoms with E-state index in [9.17, 15) is 0 Å². The number of hydrogen-bond acceptors (Lipinski definition) is 3. The van der Waals surface area contributed by atoms with Crippen LogP contribution in [0.25, 0.3) is 11.4 Å². The maximum atomic E-state index is 4.06. The van der Waals surface area contributed by atoms with E-state index in [-0.39, 0.29) is 0 Å². The lowest BCUT2D eigenvalue weighted by Gasteiger charge is -2.12. The molecule has 0 spiro atoms. The highest BCUT2D eigenvalue weighted by Crippen LogP contribution is 2.34. The topological polar surface area (TPSA) is 43.6 Å². The average molecular weight is 214 g/mol. The third-order valence-corrected chi connectivity index (χ3v) is 3.34. The molecule has 4 nitrogen and oxygen atoms in total. The van der Waals surface area contributed by atoms with Crippen LogP contribution in [0.4, 0.5) is 0 Å². The van der Waals surface area contributed by atoms with Gasteiger partial charge in [0.1, 0.15) is 0 Å². The molecule has 2 aromatic rings. The van der Waals surface area contributed by atoms with Gasteiger partial charge in [-0.05, 0) is 40.0 Å². The molecular weight excluding hydrogens is 200 g/mol. The standard InChI is InChI=1S/C12H14N4/c1-7(2)9-4-5-10-11(8(9)3)6-16-12(10)13-14-15-16/h4-5,7H,6H2,1-3H3. The largest absolute Gasteiger partial charge is 0.221 e. The number of rotatable bonds is 1. The quantitative estimate of drug-likeness (QED) is 0.623. The minimum Gasteiger partial charge on any atom is -0.221 e. The van der Waals surface area contributed by atoms with Crippen LogP contribution in [0, 0.1) is 6.92 Å². The Morgan fingerprint density at radius 1 is 1.31 bits per heavy atom. The van der Waals surface area contributed by atoms with Gasteiger partial charge in [-0.15, -0.1) is 5.10 Å². The third kappa shape index (κ3) is 1.13. The lowest BCUT2D eigenvalue weighted by molar-refractivity contribution is 0.667. The third-order valence-electron chi connectivity index (χ3n) is 3.34. The fourth-order valence-electron chi connectivity index (χ4n) is 2.47. The van der Waals surface area contributed by atoms with Crippen LogP contribution in [-0.2, 0) is 6.54 Å². The first-order valence-corrected chi connectivity index (χ1v) is 5.57. The van der Waals surface area contributed by atoms with E-state index in [4.69, 9.17) is 0 Å². The lowest BCUT2D eigenvalue weighted by atomic mass is 9.92. The highest BCUT2D eigenvalue weighted by atomic mass is 15.5. The maximum absolute atomic E-state index is 4.06. The summed E-state index contributed by atoms with van der Waals surface area (Å²) >= 11 is 0. The predicted molar refractivity (Wildman–Crippen MR) is 61.2 cm³/mol. The first-order valence-electron chi connectivity index (χ1n) is 5.57. The second-order valence-electron chi connectivity index (χ2n) is 4.62. The number of benzene rings is 1. The van der Waals surface area contributed by atoms with Crippen LogP contribution in [0.1, 0.15) is 36.5 Å². The summed E-state index contributed by atoms with van der Waals surface area (Å²) in [5.74, 6) is 1.46. The highest BCUT2D eigenvalue weighted by Gasteiger charge is 2.24. The van der Waals surface area contributed by atoms with Crippen molar-refractivity contribution in [3.05, 3.63) is 28.8 Å². The average Bonchev–Trinajstić information content (AvgIpc) is 2.78. The molecule has 0 unspecified atom stereocenters. The molecule has 0 saturated heterocycles. The predicted octanol–water partition coefficient (Wildman–Crippen LogP) is 2.13. The highest BCUT2D eigenvalue weighted by molar-refractivity contribution is 5.67. The number of aromatic nitrogens is 4. The number of hydrogen-bond donors (Lipinski definition) is 0. The second-order valence-corrected chi connectivity index (χ2v) is 4.62. The van der Waals surface area contributed by atoms with Crippen LogP contribution < -0.4 is 0 Å². The van der Waals surface area contributed by atoms with E-state index in [2.05, 4.69) is 48.4 Å². The minimum absolute atomic E-state index is 0.560. The fourth-order valence-corrected chi connectivity index (χ4v) is 2.47. The van der Waals surface area contributed by atoms with E-state index in [1.807, 2.05) is 4.68 Å². The van der Waals surface area contributed by atoms with E-state index >= 15 is 0 Å². The van der Waals surface area contributed by atoms with Crippen LogP contribution in [0.5, 0.6) is 0 Å². The zero-order chi connectivity index (χ0) is 11.3. The Labute approximate surface area is 94.3 Å². The molecule has 0 atom stereocenters. The molecule has 82 valence electrons. The van der Waals surface area contributed by atoms with Gasteiger partial charge in [-0.2, -0.15) is 0 Å². The summed E-state index contributed by atoms with van der Waals surface area (Å²) in [6, 6.07) is 4.34. The Kier molecular flexibility index (Phi) is 1.87. The van der Waals surface area contributed by atoms with Crippen LogP contribution in [0.15, 0.2) is 12.1 Å². The summed E-state index contributed by atoms with van der Waals surface area (Å²) in [6.45, 7) is 7.45. The van der Waals surface area contributed by atoms with E-state index in [1.54, 1.807) is 0 Å².